The van der Waals surface area contributed by atoms with Crippen molar-refractivity contribution in [3.63, 3.8) is 0 Å². The van der Waals surface area contributed by atoms with E-state index in [0.29, 0.717) is 5.92 Å². The summed E-state index contributed by atoms with van der Waals surface area (Å²) >= 11 is 1.71. The van der Waals surface area contributed by atoms with Crippen LogP contribution in [-0.4, -0.2) is 25.5 Å². The first kappa shape index (κ1) is 13.7. The molecule has 0 spiro atoms. The molecule has 0 amide bonds. The number of nitrogens with zero attached hydrogens (tertiary/aromatic N) is 1. The SMILES string of the molecule is CN(C)C[C@H]1[C@H]2CC[C@H](C2)[C@@H]1c1csc2cc(F)ccc12. The van der Waals surface area contributed by atoms with E-state index >= 15 is 0 Å². The van der Waals surface area contributed by atoms with Crippen molar-refractivity contribution in [1.29, 1.82) is 0 Å². The molecule has 0 aliphatic heterocycles. The Morgan fingerprint density at radius 3 is 2.86 bits per heavy atom. The third-order valence-electron chi connectivity index (χ3n) is 5.59. The maximum atomic E-state index is 13.4. The van der Waals surface area contributed by atoms with E-state index < -0.39 is 0 Å². The smallest absolute Gasteiger partial charge is 0.124 e. The first-order valence-corrected chi connectivity index (χ1v) is 8.83. The van der Waals surface area contributed by atoms with Crippen LogP contribution in [0.5, 0.6) is 0 Å². The number of thiophene rings is 1. The first-order chi connectivity index (χ1) is 10.1. The van der Waals surface area contributed by atoms with E-state index in [-0.39, 0.29) is 5.82 Å². The second-order valence-electron chi connectivity index (χ2n) is 7.12. The summed E-state index contributed by atoms with van der Waals surface area (Å²) in [6.45, 7) is 1.18. The molecular formula is C18H22FNS. The number of halogens is 1. The van der Waals surface area contributed by atoms with Gasteiger partial charge >= 0.3 is 0 Å². The van der Waals surface area contributed by atoms with Gasteiger partial charge in [-0.2, -0.15) is 0 Å². The molecule has 0 N–H and O–H groups in total. The molecule has 112 valence electrons. The number of benzene rings is 1. The Hall–Kier alpha value is -0.930. The zero-order valence-electron chi connectivity index (χ0n) is 12.7. The summed E-state index contributed by atoms with van der Waals surface area (Å²) in [5, 5.41) is 3.60. The van der Waals surface area contributed by atoms with Crippen LogP contribution in [0.15, 0.2) is 23.6 Å². The fourth-order valence-electron chi connectivity index (χ4n) is 4.86. The monoisotopic (exact) mass is 303 g/mol. The molecule has 0 unspecified atom stereocenters. The highest BCUT2D eigenvalue weighted by molar-refractivity contribution is 7.17. The molecule has 1 nitrogen and oxygen atoms in total. The second-order valence-corrected chi connectivity index (χ2v) is 8.03. The Labute approximate surface area is 129 Å². The van der Waals surface area contributed by atoms with Crippen molar-refractivity contribution in [1.82, 2.24) is 4.90 Å². The van der Waals surface area contributed by atoms with Crippen molar-refractivity contribution < 1.29 is 4.39 Å². The van der Waals surface area contributed by atoms with Crippen molar-refractivity contribution in [3.05, 3.63) is 35.0 Å². The minimum Gasteiger partial charge on any atom is -0.309 e. The van der Waals surface area contributed by atoms with Gasteiger partial charge in [0.1, 0.15) is 5.82 Å². The Balaban J connectivity index is 1.75. The van der Waals surface area contributed by atoms with Crippen molar-refractivity contribution in [2.45, 2.75) is 25.2 Å². The number of hydrogen-bond donors (Lipinski definition) is 0. The predicted octanol–water partition coefficient (Wildman–Crippen LogP) is 4.73. The summed E-state index contributed by atoms with van der Waals surface area (Å²) < 4.78 is 14.5. The van der Waals surface area contributed by atoms with E-state index in [4.69, 9.17) is 0 Å². The molecule has 2 saturated carbocycles. The fourth-order valence-corrected chi connectivity index (χ4v) is 5.89. The maximum absolute atomic E-state index is 13.4. The van der Waals surface area contributed by atoms with Gasteiger partial charge in [-0.25, -0.2) is 4.39 Å². The second kappa shape index (κ2) is 5.06. The van der Waals surface area contributed by atoms with Crippen molar-refractivity contribution in [3.8, 4) is 0 Å². The lowest BCUT2D eigenvalue weighted by Gasteiger charge is -2.33. The summed E-state index contributed by atoms with van der Waals surface area (Å²) in [6, 6.07) is 5.31. The highest BCUT2D eigenvalue weighted by atomic mass is 32.1. The van der Waals surface area contributed by atoms with Crippen LogP contribution in [0.1, 0.15) is 30.7 Å². The van der Waals surface area contributed by atoms with Gasteiger partial charge in [0.05, 0.1) is 0 Å². The molecule has 2 bridgehead atoms. The van der Waals surface area contributed by atoms with Gasteiger partial charge in [0.25, 0.3) is 0 Å². The minimum atomic E-state index is -0.117. The average Bonchev–Trinajstić information content (AvgIpc) is 3.11. The Kier molecular flexibility index (Phi) is 3.31. The van der Waals surface area contributed by atoms with Crippen LogP contribution in [0.3, 0.4) is 0 Å². The summed E-state index contributed by atoms with van der Waals surface area (Å²) in [6.07, 6.45) is 4.20. The first-order valence-electron chi connectivity index (χ1n) is 7.95. The minimum absolute atomic E-state index is 0.117. The van der Waals surface area contributed by atoms with Gasteiger partial charge in [-0.3, -0.25) is 0 Å². The van der Waals surface area contributed by atoms with Crippen molar-refractivity contribution in [2.75, 3.05) is 20.6 Å². The molecule has 3 heteroatoms. The number of fused-ring (bicyclic) bond motifs is 3. The van der Waals surface area contributed by atoms with Crippen LogP contribution in [0.2, 0.25) is 0 Å². The molecule has 4 rings (SSSR count). The van der Waals surface area contributed by atoms with Crippen LogP contribution >= 0.6 is 11.3 Å². The van der Waals surface area contributed by atoms with Gasteiger partial charge in [-0.1, -0.05) is 6.07 Å². The Morgan fingerprint density at radius 2 is 2.05 bits per heavy atom. The van der Waals surface area contributed by atoms with Gasteiger partial charge < -0.3 is 4.90 Å². The average molecular weight is 303 g/mol. The maximum Gasteiger partial charge on any atom is 0.124 e. The summed E-state index contributed by atoms with van der Waals surface area (Å²) in [4.78, 5) is 2.34. The van der Waals surface area contributed by atoms with Crippen LogP contribution in [0, 0.1) is 23.6 Å². The number of hydrogen-bond acceptors (Lipinski definition) is 2. The number of rotatable bonds is 3. The third kappa shape index (κ3) is 2.22. The molecule has 21 heavy (non-hydrogen) atoms. The lowest BCUT2D eigenvalue weighted by Crippen LogP contribution is -2.30. The van der Waals surface area contributed by atoms with Crippen LogP contribution in [0.25, 0.3) is 10.1 Å². The Bertz CT molecular complexity index is 662. The summed E-state index contributed by atoms with van der Waals surface area (Å²) in [5.74, 6) is 3.10. The molecule has 1 aromatic carbocycles. The zero-order valence-corrected chi connectivity index (χ0v) is 13.5. The zero-order chi connectivity index (χ0) is 14.6. The van der Waals surface area contributed by atoms with E-state index in [1.54, 1.807) is 23.5 Å². The molecule has 2 fully saturated rings. The van der Waals surface area contributed by atoms with E-state index in [0.717, 1.165) is 22.5 Å². The van der Waals surface area contributed by atoms with Crippen molar-refractivity contribution >= 4 is 21.4 Å². The lowest BCUT2D eigenvalue weighted by atomic mass is 9.75. The van der Waals surface area contributed by atoms with Gasteiger partial charge in [0, 0.05) is 11.2 Å². The van der Waals surface area contributed by atoms with Crippen LogP contribution < -0.4 is 0 Å². The predicted molar refractivity (Wildman–Crippen MR) is 87.4 cm³/mol. The summed E-state index contributed by atoms with van der Waals surface area (Å²) in [5.41, 5.74) is 1.49. The van der Waals surface area contributed by atoms with Crippen LogP contribution in [-0.2, 0) is 0 Å². The molecule has 4 atom stereocenters. The molecular weight excluding hydrogens is 281 g/mol. The van der Waals surface area contributed by atoms with Crippen LogP contribution in [0.4, 0.5) is 4.39 Å². The van der Waals surface area contributed by atoms with Gasteiger partial charge in [0.2, 0.25) is 0 Å². The highest BCUT2D eigenvalue weighted by Gasteiger charge is 2.48. The molecule has 1 heterocycles. The standard InChI is InChI=1S/C18H22FNS/c1-20(2)9-15-11-3-4-12(7-11)18(15)16-10-21-17-8-13(19)5-6-14(16)17/h5-6,8,10-12,15,18H,3-4,7,9H2,1-2H3/t11-,12+,15-,18-/m0/s1. The molecule has 2 aliphatic rings. The van der Waals surface area contributed by atoms with E-state index in [9.17, 15) is 4.39 Å². The lowest BCUT2D eigenvalue weighted by molar-refractivity contribution is 0.220. The Morgan fingerprint density at radius 1 is 1.24 bits per heavy atom. The van der Waals surface area contributed by atoms with Crippen molar-refractivity contribution in [2.24, 2.45) is 17.8 Å². The quantitative estimate of drug-likeness (QED) is 0.792. The largest absolute Gasteiger partial charge is 0.309 e. The molecule has 2 aliphatic carbocycles. The molecule has 0 radical (unpaired) electrons. The van der Waals surface area contributed by atoms with Gasteiger partial charge in [-0.15, -0.1) is 11.3 Å². The van der Waals surface area contributed by atoms with Gasteiger partial charge in [-0.05, 0) is 85.5 Å². The third-order valence-corrected chi connectivity index (χ3v) is 6.55. The molecule has 2 aromatic rings. The fraction of sp³-hybridized carbons (Fsp3) is 0.556. The van der Waals surface area contributed by atoms with E-state index in [1.165, 1.54) is 36.8 Å². The normalized spacial score (nSPS) is 31.6. The molecule has 0 saturated heterocycles. The molecule has 1 aromatic heterocycles. The van der Waals surface area contributed by atoms with E-state index in [1.807, 2.05) is 6.07 Å². The highest BCUT2D eigenvalue weighted by Crippen LogP contribution is 2.58. The topological polar surface area (TPSA) is 3.24 Å². The van der Waals surface area contributed by atoms with E-state index in [2.05, 4.69) is 24.4 Å². The summed E-state index contributed by atoms with van der Waals surface area (Å²) in [7, 11) is 4.37. The van der Waals surface area contributed by atoms with Gasteiger partial charge in [0.15, 0.2) is 0 Å².